The van der Waals surface area contributed by atoms with E-state index in [2.05, 4.69) is 15.0 Å². The molecule has 2 aromatic heterocycles. The van der Waals surface area contributed by atoms with Gasteiger partial charge in [-0.15, -0.1) is 0 Å². The highest BCUT2D eigenvalue weighted by Crippen LogP contribution is 2.30. The molecule has 4 rings (SSSR count). The zero-order valence-electron chi connectivity index (χ0n) is 16.6. The van der Waals surface area contributed by atoms with E-state index < -0.39 is 5.97 Å². The predicted molar refractivity (Wildman–Crippen MR) is 113 cm³/mol. The quantitative estimate of drug-likeness (QED) is 0.441. The number of ether oxygens (including phenoxy) is 1. The summed E-state index contributed by atoms with van der Waals surface area (Å²) in [7, 11) is 1.32. The molecule has 2 aromatic carbocycles. The Labute approximate surface area is 177 Å². The summed E-state index contributed by atoms with van der Waals surface area (Å²) in [6.07, 6.45) is 3.12. The van der Waals surface area contributed by atoms with Gasteiger partial charge in [-0.05, 0) is 47.5 Å². The zero-order chi connectivity index (χ0) is 21.8. The number of benzene rings is 2. The molecule has 2 heterocycles. The predicted octanol–water partition coefficient (Wildman–Crippen LogP) is 4.80. The molecule has 156 valence electrons. The molecule has 7 heteroatoms. The fourth-order valence-corrected chi connectivity index (χ4v) is 3.21. The van der Waals surface area contributed by atoms with Crippen molar-refractivity contribution in [2.75, 3.05) is 7.11 Å². The molecule has 0 unspecified atom stereocenters. The van der Waals surface area contributed by atoms with Crippen LogP contribution in [0.4, 0.5) is 4.39 Å². The molecule has 0 fully saturated rings. The lowest BCUT2D eigenvalue weighted by molar-refractivity contribution is 0.0600. The van der Waals surface area contributed by atoms with Gasteiger partial charge in [-0.3, -0.25) is 4.79 Å². The van der Waals surface area contributed by atoms with E-state index in [1.165, 1.54) is 19.2 Å². The highest BCUT2D eigenvalue weighted by Gasteiger charge is 2.18. The van der Waals surface area contributed by atoms with Crippen LogP contribution in [-0.2, 0) is 11.3 Å². The molecule has 0 radical (unpaired) electrons. The maximum Gasteiger partial charge on any atom is 0.337 e. The summed E-state index contributed by atoms with van der Waals surface area (Å²) in [5.41, 5.74) is 4.47. The van der Waals surface area contributed by atoms with Gasteiger partial charge in [-0.25, -0.2) is 9.18 Å². The number of amides is 1. The van der Waals surface area contributed by atoms with Crippen molar-refractivity contribution >= 4 is 11.9 Å². The molecule has 1 amide bonds. The van der Waals surface area contributed by atoms with Crippen molar-refractivity contribution < 1.29 is 23.1 Å². The number of aromatic amines is 1. The van der Waals surface area contributed by atoms with Gasteiger partial charge in [-0.1, -0.05) is 24.3 Å². The molecule has 0 bridgehead atoms. The smallest absolute Gasteiger partial charge is 0.337 e. The minimum absolute atomic E-state index is 0.267. The second kappa shape index (κ2) is 8.71. The summed E-state index contributed by atoms with van der Waals surface area (Å²) >= 11 is 0. The van der Waals surface area contributed by atoms with Crippen LogP contribution in [-0.4, -0.2) is 24.0 Å². The summed E-state index contributed by atoms with van der Waals surface area (Å²) in [5.74, 6) is -1.08. The molecule has 6 nitrogen and oxygen atoms in total. The fourth-order valence-electron chi connectivity index (χ4n) is 3.21. The Kier molecular flexibility index (Phi) is 5.66. The van der Waals surface area contributed by atoms with Crippen molar-refractivity contribution in [3.05, 3.63) is 95.8 Å². The number of hydrogen-bond donors (Lipinski definition) is 2. The fraction of sp³-hybridized carbons (Fsp3) is 0.0833. The Morgan fingerprint density at radius 1 is 1.03 bits per heavy atom. The summed E-state index contributed by atoms with van der Waals surface area (Å²) in [5, 5.41) is 2.87. The molecule has 2 N–H and O–H groups in total. The van der Waals surface area contributed by atoms with Gasteiger partial charge in [0.15, 0.2) is 0 Å². The third kappa shape index (κ3) is 4.40. The van der Waals surface area contributed by atoms with E-state index in [9.17, 15) is 14.0 Å². The average molecular weight is 418 g/mol. The summed E-state index contributed by atoms with van der Waals surface area (Å²) in [6.45, 7) is 0.267. The minimum Gasteiger partial charge on any atom is -0.472 e. The lowest BCUT2D eigenvalue weighted by Crippen LogP contribution is -2.23. The standard InChI is InChI=1S/C24H19FN2O4/c1-30-24(29)17-4-2-15(3-5-17)13-26-23(28)22-20(16-6-8-19(25)9-7-16)12-21(27-22)18-10-11-31-14-18/h2-12,14,27H,13H2,1H3,(H,26,28). The van der Waals surface area contributed by atoms with Gasteiger partial charge in [0.1, 0.15) is 11.5 Å². The van der Waals surface area contributed by atoms with E-state index in [1.807, 2.05) is 6.07 Å². The zero-order valence-corrected chi connectivity index (χ0v) is 16.6. The van der Waals surface area contributed by atoms with Gasteiger partial charge >= 0.3 is 5.97 Å². The SMILES string of the molecule is COC(=O)c1ccc(CNC(=O)c2[nH]c(-c3ccoc3)cc2-c2ccc(F)cc2)cc1. The lowest BCUT2D eigenvalue weighted by Gasteiger charge is -2.08. The molecular formula is C24H19FN2O4. The molecule has 0 saturated heterocycles. The van der Waals surface area contributed by atoms with Gasteiger partial charge < -0.3 is 19.5 Å². The number of nitrogens with one attached hydrogen (secondary N) is 2. The van der Waals surface area contributed by atoms with Crippen molar-refractivity contribution in [2.24, 2.45) is 0 Å². The number of halogens is 1. The normalized spacial score (nSPS) is 10.6. The van der Waals surface area contributed by atoms with E-state index >= 15 is 0 Å². The maximum atomic E-state index is 13.4. The summed E-state index contributed by atoms with van der Waals surface area (Å²) in [6, 6.07) is 16.3. The molecule has 31 heavy (non-hydrogen) atoms. The second-order valence-corrected chi connectivity index (χ2v) is 6.86. The molecule has 0 atom stereocenters. The summed E-state index contributed by atoms with van der Waals surface area (Å²) < 4.78 is 23.2. The van der Waals surface area contributed by atoms with Crippen molar-refractivity contribution in [1.29, 1.82) is 0 Å². The van der Waals surface area contributed by atoms with Crippen LogP contribution in [0, 0.1) is 5.82 Å². The van der Waals surface area contributed by atoms with Crippen molar-refractivity contribution in [1.82, 2.24) is 10.3 Å². The number of H-pyrrole nitrogens is 1. The molecule has 4 aromatic rings. The number of methoxy groups -OCH3 is 1. The van der Waals surface area contributed by atoms with E-state index in [0.717, 1.165) is 11.1 Å². The molecule has 0 aliphatic rings. The number of furan rings is 1. The molecular weight excluding hydrogens is 399 g/mol. The Balaban J connectivity index is 1.58. The second-order valence-electron chi connectivity index (χ2n) is 6.86. The first-order valence-electron chi connectivity index (χ1n) is 9.52. The Hall–Kier alpha value is -4.13. The molecule has 0 aliphatic heterocycles. The van der Waals surface area contributed by atoms with Crippen LogP contribution in [0.3, 0.4) is 0 Å². The number of carbonyl (C=O) groups excluding carboxylic acids is 2. The number of carbonyl (C=O) groups is 2. The van der Waals surface area contributed by atoms with Crippen LogP contribution in [0.5, 0.6) is 0 Å². The van der Waals surface area contributed by atoms with Gasteiger partial charge in [0.25, 0.3) is 5.91 Å². The number of hydrogen-bond acceptors (Lipinski definition) is 4. The van der Waals surface area contributed by atoms with Gasteiger partial charge in [0, 0.05) is 23.4 Å². The van der Waals surface area contributed by atoms with Crippen molar-refractivity contribution in [2.45, 2.75) is 6.54 Å². The first-order chi connectivity index (χ1) is 15.0. The van der Waals surface area contributed by atoms with Crippen LogP contribution >= 0.6 is 0 Å². The Morgan fingerprint density at radius 3 is 2.42 bits per heavy atom. The minimum atomic E-state index is -0.419. The van der Waals surface area contributed by atoms with Gasteiger partial charge in [-0.2, -0.15) is 0 Å². The first kappa shape index (κ1) is 20.2. The highest BCUT2D eigenvalue weighted by atomic mass is 19.1. The highest BCUT2D eigenvalue weighted by molar-refractivity contribution is 6.00. The first-order valence-corrected chi connectivity index (χ1v) is 9.52. The van der Waals surface area contributed by atoms with Crippen molar-refractivity contribution in [3.8, 4) is 22.4 Å². The third-order valence-corrected chi connectivity index (χ3v) is 4.86. The van der Waals surface area contributed by atoms with E-state index in [4.69, 9.17) is 4.42 Å². The van der Waals surface area contributed by atoms with Crippen LogP contribution in [0.15, 0.2) is 77.6 Å². The van der Waals surface area contributed by atoms with Gasteiger partial charge in [0.05, 0.1) is 25.2 Å². The van der Waals surface area contributed by atoms with E-state index in [-0.39, 0.29) is 18.3 Å². The summed E-state index contributed by atoms with van der Waals surface area (Å²) in [4.78, 5) is 27.7. The third-order valence-electron chi connectivity index (χ3n) is 4.86. The molecule has 0 aliphatic carbocycles. The topological polar surface area (TPSA) is 84.3 Å². The van der Waals surface area contributed by atoms with Crippen LogP contribution in [0.1, 0.15) is 26.4 Å². The number of esters is 1. The number of aromatic nitrogens is 1. The molecule has 0 spiro atoms. The largest absolute Gasteiger partial charge is 0.472 e. The Bertz CT molecular complexity index is 1190. The van der Waals surface area contributed by atoms with Crippen LogP contribution in [0.25, 0.3) is 22.4 Å². The molecule has 0 saturated carbocycles. The average Bonchev–Trinajstić information content (AvgIpc) is 3.48. The number of rotatable bonds is 6. The van der Waals surface area contributed by atoms with Gasteiger partial charge in [0.2, 0.25) is 0 Å². The van der Waals surface area contributed by atoms with E-state index in [1.54, 1.807) is 55.0 Å². The maximum absolute atomic E-state index is 13.4. The van der Waals surface area contributed by atoms with Crippen molar-refractivity contribution in [3.63, 3.8) is 0 Å². The van der Waals surface area contributed by atoms with Crippen LogP contribution in [0.2, 0.25) is 0 Å². The Morgan fingerprint density at radius 2 is 1.77 bits per heavy atom. The monoisotopic (exact) mass is 418 g/mol. The van der Waals surface area contributed by atoms with E-state index in [0.29, 0.717) is 28.1 Å². The van der Waals surface area contributed by atoms with Crippen LogP contribution < -0.4 is 5.32 Å². The lowest BCUT2D eigenvalue weighted by atomic mass is 10.0.